The molecule has 1 heterocycles. The zero-order valence-electron chi connectivity index (χ0n) is 9.61. The van der Waals surface area contributed by atoms with Crippen molar-refractivity contribution in [3.8, 4) is 0 Å². The van der Waals surface area contributed by atoms with Gasteiger partial charge in [-0.3, -0.25) is 0 Å². The lowest BCUT2D eigenvalue weighted by atomic mass is 10.1. The van der Waals surface area contributed by atoms with Gasteiger partial charge in [0.1, 0.15) is 5.82 Å². The van der Waals surface area contributed by atoms with Crippen molar-refractivity contribution in [1.29, 1.82) is 0 Å². The van der Waals surface area contributed by atoms with Crippen LogP contribution in [0.15, 0.2) is 12.1 Å². The molecule has 0 aliphatic heterocycles. The number of halogens is 1. The molecule has 1 aliphatic carbocycles. The van der Waals surface area contributed by atoms with Gasteiger partial charge in [-0.2, -0.15) is 0 Å². The molecule has 17 heavy (non-hydrogen) atoms. The Morgan fingerprint density at radius 2 is 2.29 bits per heavy atom. The van der Waals surface area contributed by atoms with Crippen molar-refractivity contribution in [2.45, 2.75) is 32.2 Å². The van der Waals surface area contributed by atoms with Gasteiger partial charge in [0.25, 0.3) is 0 Å². The Hall–Kier alpha value is -1.29. The van der Waals surface area contributed by atoms with Crippen LogP contribution in [0.3, 0.4) is 0 Å². The van der Waals surface area contributed by atoms with Crippen LogP contribution in [0.4, 0.5) is 5.82 Å². The first kappa shape index (κ1) is 12.2. The van der Waals surface area contributed by atoms with Gasteiger partial charge in [0, 0.05) is 6.04 Å². The number of carboxylic acids is 1. The summed E-state index contributed by atoms with van der Waals surface area (Å²) in [4.78, 5) is 14.9. The van der Waals surface area contributed by atoms with E-state index in [9.17, 15) is 4.79 Å². The van der Waals surface area contributed by atoms with Crippen LogP contribution in [0, 0.1) is 5.92 Å². The van der Waals surface area contributed by atoms with Gasteiger partial charge in [-0.25, -0.2) is 9.78 Å². The van der Waals surface area contributed by atoms with E-state index in [1.807, 2.05) is 0 Å². The quantitative estimate of drug-likeness (QED) is 0.870. The van der Waals surface area contributed by atoms with E-state index in [1.165, 1.54) is 6.42 Å². The summed E-state index contributed by atoms with van der Waals surface area (Å²) in [6, 6.07) is 3.68. The molecule has 2 N–H and O–H groups in total. The first-order valence-corrected chi connectivity index (χ1v) is 6.10. The molecule has 1 aromatic heterocycles. The third-order valence-corrected chi connectivity index (χ3v) is 3.40. The number of nitrogens with one attached hydrogen (secondary N) is 1. The van der Waals surface area contributed by atoms with Crippen LogP contribution in [0.2, 0.25) is 5.02 Å². The smallest absolute Gasteiger partial charge is 0.356 e. The second-order valence-electron chi connectivity index (χ2n) is 4.59. The Balaban J connectivity index is 2.11. The third kappa shape index (κ3) is 2.88. The second kappa shape index (κ2) is 4.92. The predicted octanol–water partition coefficient (Wildman–Crippen LogP) is 3.03. The number of aromatic nitrogens is 1. The molecular formula is C12H15ClN2O2. The minimum Gasteiger partial charge on any atom is -0.476 e. The third-order valence-electron chi connectivity index (χ3n) is 3.10. The van der Waals surface area contributed by atoms with Crippen LogP contribution in [0.1, 0.15) is 36.7 Å². The lowest BCUT2D eigenvalue weighted by Gasteiger charge is -2.13. The number of aromatic carboxylic acids is 1. The van der Waals surface area contributed by atoms with Gasteiger partial charge in [0.15, 0.2) is 5.69 Å². The van der Waals surface area contributed by atoms with E-state index in [4.69, 9.17) is 16.7 Å². The highest BCUT2D eigenvalue weighted by atomic mass is 35.5. The first-order valence-electron chi connectivity index (χ1n) is 5.72. The van der Waals surface area contributed by atoms with Gasteiger partial charge >= 0.3 is 5.97 Å². The molecule has 1 aromatic rings. The molecule has 0 radical (unpaired) electrons. The number of hydrogen-bond donors (Lipinski definition) is 2. The Morgan fingerprint density at radius 3 is 2.88 bits per heavy atom. The topological polar surface area (TPSA) is 62.2 Å². The van der Waals surface area contributed by atoms with E-state index in [0.29, 0.717) is 11.9 Å². The zero-order valence-corrected chi connectivity index (χ0v) is 10.4. The van der Waals surface area contributed by atoms with Crippen molar-refractivity contribution in [2.24, 2.45) is 5.92 Å². The number of pyridine rings is 1. The average Bonchev–Trinajstić information content (AvgIpc) is 2.66. The number of rotatable bonds is 3. The van der Waals surface area contributed by atoms with Gasteiger partial charge < -0.3 is 10.4 Å². The number of carboxylic acid groups (broad SMARTS) is 1. The molecule has 5 heteroatoms. The predicted molar refractivity (Wildman–Crippen MR) is 66.6 cm³/mol. The van der Waals surface area contributed by atoms with E-state index in [1.54, 1.807) is 12.1 Å². The maximum atomic E-state index is 10.9. The van der Waals surface area contributed by atoms with E-state index in [2.05, 4.69) is 17.2 Å². The lowest BCUT2D eigenvalue weighted by Crippen LogP contribution is -2.17. The summed E-state index contributed by atoms with van der Waals surface area (Å²) in [6.45, 7) is 2.22. The largest absolute Gasteiger partial charge is 0.476 e. The van der Waals surface area contributed by atoms with Crippen molar-refractivity contribution < 1.29 is 9.90 Å². The van der Waals surface area contributed by atoms with Gasteiger partial charge in [0.2, 0.25) is 0 Å². The van der Waals surface area contributed by atoms with Crippen molar-refractivity contribution in [3.63, 3.8) is 0 Å². The number of anilines is 1. The maximum absolute atomic E-state index is 10.9. The molecule has 0 amide bonds. The highest BCUT2D eigenvalue weighted by Crippen LogP contribution is 2.27. The molecular weight excluding hydrogens is 240 g/mol. The maximum Gasteiger partial charge on any atom is 0.356 e. The standard InChI is InChI=1S/C12H15ClN2O2/c1-7-2-3-8(6-7)14-10-5-4-9(13)11(15-10)12(16)17/h4-5,7-8H,2-3,6H2,1H3,(H,14,15)(H,16,17). The highest BCUT2D eigenvalue weighted by Gasteiger charge is 2.21. The Bertz CT molecular complexity index is 437. The number of carbonyl (C=O) groups is 1. The van der Waals surface area contributed by atoms with Crippen molar-refractivity contribution in [3.05, 3.63) is 22.8 Å². The van der Waals surface area contributed by atoms with Crippen LogP contribution in [-0.4, -0.2) is 22.1 Å². The molecule has 0 bridgehead atoms. The van der Waals surface area contributed by atoms with Gasteiger partial charge in [-0.15, -0.1) is 0 Å². The number of hydrogen-bond acceptors (Lipinski definition) is 3. The van der Waals surface area contributed by atoms with E-state index in [-0.39, 0.29) is 10.7 Å². The van der Waals surface area contributed by atoms with Gasteiger partial charge in [-0.1, -0.05) is 18.5 Å². The Labute approximate surface area is 105 Å². The highest BCUT2D eigenvalue weighted by molar-refractivity contribution is 6.33. The monoisotopic (exact) mass is 254 g/mol. The summed E-state index contributed by atoms with van der Waals surface area (Å²) < 4.78 is 0. The van der Waals surface area contributed by atoms with Crippen LogP contribution < -0.4 is 5.32 Å². The molecule has 1 aliphatic rings. The summed E-state index contributed by atoms with van der Waals surface area (Å²) in [5.74, 6) is 0.211. The summed E-state index contributed by atoms with van der Waals surface area (Å²) >= 11 is 5.76. The van der Waals surface area contributed by atoms with Crippen molar-refractivity contribution in [2.75, 3.05) is 5.32 Å². The molecule has 0 saturated heterocycles. The normalized spacial score (nSPS) is 23.6. The van der Waals surface area contributed by atoms with Crippen LogP contribution in [0.25, 0.3) is 0 Å². The van der Waals surface area contributed by atoms with Gasteiger partial charge in [0.05, 0.1) is 5.02 Å². The SMILES string of the molecule is CC1CCC(Nc2ccc(Cl)c(C(=O)O)n2)C1. The summed E-state index contributed by atoms with van der Waals surface area (Å²) in [7, 11) is 0. The summed E-state index contributed by atoms with van der Waals surface area (Å²) in [5, 5.41) is 12.3. The van der Waals surface area contributed by atoms with Gasteiger partial charge in [-0.05, 0) is 37.3 Å². The Morgan fingerprint density at radius 1 is 1.53 bits per heavy atom. The molecule has 1 saturated carbocycles. The average molecular weight is 255 g/mol. The van der Waals surface area contributed by atoms with Crippen molar-refractivity contribution in [1.82, 2.24) is 4.98 Å². The fraction of sp³-hybridized carbons (Fsp3) is 0.500. The zero-order chi connectivity index (χ0) is 12.4. The summed E-state index contributed by atoms with van der Waals surface area (Å²) in [6.07, 6.45) is 3.41. The minimum atomic E-state index is -1.10. The van der Waals surface area contributed by atoms with E-state index < -0.39 is 5.97 Å². The second-order valence-corrected chi connectivity index (χ2v) is 5.00. The molecule has 4 nitrogen and oxygen atoms in total. The van der Waals surface area contributed by atoms with Crippen LogP contribution >= 0.6 is 11.6 Å². The van der Waals surface area contributed by atoms with Crippen LogP contribution in [0.5, 0.6) is 0 Å². The van der Waals surface area contributed by atoms with E-state index >= 15 is 0 Å². The van der Waals surface area contributed by atoms with E-state index in [0.717, 1.165) is 18.8 Å². The minimum absolute atomic E-state index is 0.0947. The molecule has 2 unspecified atom stereocenters. The summed E-state index contributed by atoms with van der Waals surface area (Å²) in [5.41, 5.74) is -0.0947. The fourth-order valence-electron chi connectivity index (χ4n) is 2.22. The number of nitrogens with zero attached hydrogens (tertiary/aromatic N) is 1. The van der Waals surface area contributed by atoms with Crippen molar-refractivity contribution >= 4 is 23.4 Å². The first-order chi connectivity index (χ1) is 8.06. The lowest BCUT2D eigenvalue weighted by molar-refractivity contribution is 0.0691. The Kier molecular flexibility index (Phi) is 3.52. The molecule has 0 aromatic carbocycles. The van der Waals surface area contributed by atoms with Crippen LogP contribution in [-0.2, 0) is 0 Å². The molecule has 92 valence electrons. The molecule has 2 rings (SSSR count). The molecule has 1 fully saturated rings. The molecule has 2 atom stereocenters. The fourth-order valence-corrected chi connectivity index (χ4v) is 2.41. The molecule has 0 spiro atoms.